The van der Waals surface area contributed by atoms with Gasteiger partial charge in [-0.3, -0.25) is 0 Å². The minimum Gasteiger partial charge on any atom is -0.469 e. The molecule has 0 fully saturated rings. The molecule has 0 amide bonds. The molecule has 0 aromatic carbocycles. The van der Waals surface area contributed by atoms with Crippen LogP contribution < -0.4 is 5.73 Å². The van der Waals surface area contributed by atoms with Gasteiger partial charge in [0.2, 0.25) is 0 Å². The van der Waals surface area contributed by atoms with Gasteiger partial charge in [0.1, 0.15) is 5.76 Å². The quantitative estimate of drug-likeness (QED) is 0.862. The Bertz CT molecular complexity index is 483. The number of nitrogens with two attached hydrogens (primary N) is 1. The number of rotatable bonds is 3. The molecule has 0 saturated heterocycles. The molecule has 2 N–H and O–H groups in total. The maximum absolute atomic E-state index is 5.80. The summed E-state index contributed by atoms with van der Waals surface area (Å²) in [6, 6.07) is 1.89. The van der Waals surface area contributed by atoms with Crippen molar-refractivity contribution in [2.75, 3.05) is 5.73 Å². The topological polar surface area (TPSA) is 65.2 Å². The lowest BCUT2D eigenvalue weighted by molar-refractivity contribution is 0.432. The third kappa shape index (κ3) is 1.60. The Hall–Kier alpha value is -1.71. The van der Waals surface area contributed by atoms with E-state index in [4.69, 9.17) is 14.7 Å². The van der Waals surface area contributed by atoms with Crippen molar-refractivity contribution < 1.29 is 8.94 Å². The molecule has 0 spiro atoms. The third-order valence-corrected chi connectivity index (χ3v) is 2.64. The zero-order valence-electron chi connectivity index (χ0n) is 9.78. The molecule has 0 aliphatic heterocycles. The fraction of sp³-hybridized carbons (Fsp3) is 0.417. The Morgan fingerprint density at radius 1 is 1.44 bits per heavy atom. The molecule has 0 aliphatic carbocycles. The lowest BCUT2D eigenvalue weighted by Crippen LogP contribution is -1.95. The summed E-state index contributed by atoms with van der Waals surface area (Å²) in [5, 5.41) is 3.83. The highest BCUT2D eigenvalue weighted by molar-refractivity contribution is 5.68. The number of nitrogens with zero attached hydrogens (tertiary/aromatic N) is 1. The van der Waals surface area contributed by atoms with Gasteiger partial charge in [0.05, 0.1) is 11.8 Å². The average molecular weight is 220 g/mol. The summed E-state index contributed by atoms with van der Waals surface area (Å²) in [5.74, 6) is 2.38. The van der Waals surface area contributed by atoms with Gasteiger partial charge in [0.25, 0.3) is 0 Å². The molecular formula is C12H16N2O2. The largest absolute Gasteiger partial charge is 0.469 e. The highest BCUT2D eigenvalue weighted by Crippen LogP contribution is 2.35. The molecule has 86 valence electrons. The normalized spacial score (nSPS) is 11.2. The second-order valence-electron chi connectivity index (χ2n) is 4.08. The fourth-order valence-electron chi connectivity index (χ4n) is 1.88. The van der Waals surface area contributed by atoms with Crippen LogP contribution in [0.25, 0.3) is 11.3 Å². The van der Waals surface area contributed by atoms with Crippen molar-refractivity contribution in [2.24, 2.45) is 0 Å². The van der Waals surface area contributed by atoms with E-state index in [9.17, 15) is 0 Å². The summed E-state index contributed by atoms with van der Waals surface area (Å²) in [6.07, 6.45) is 2.48. The minimum atomic E-state index is 0.279. The van der Waals surface area contributed by atoms with Gasteiger partial charge < -0.3 is 14.7 Å². The van der Waals surface area contributed by atoms with Crippen LogP contribution in [0, 0.1) is 0 Å². The molecule has 0 aliphatic rings. The first kappa shape index (κ1) is 10.8. The molecule has 4 nitrogen and oxygen atoms in total. The van der Waals surface area contributed by atoms with Crippen LogP contribution in [0.1, 0.15) is 38.0 Å². The Morgan fingerprint density at radius 3 is 2.81 bits per heavy atom. The molecule has 0 bridgehead atoms. The van der Waals surface area contributed by atoms with Gasteiger partial charge in [-0.25, -0.2) is 0 Å². The smallest absolute Gasteiger partial charge is 0.176 e. The highest BCUT2D eigenvalue weighted by Gasteiger charge is 2.21. The van der Waals surface area contributed by atoms with Crippen molar-refractivity contribution in [2.45, 2.75) is 33.1 Å². The Labute approximate surface area is 94.4 Å². The lowest BCUT2D eigenvalue weighted by atomic mass is 9.99. The van der Waals surface area contributed by atoms with Crippen molar-refractivity contribution in [3.8, 4) is 11.3 Å². The van der Waals surface area contributed by atoms with E-state index in [-0.39, 0.29) is 5.92 Å². The molecule has 0 atom stereocenters. The predicted molar refractivity (Wildman–Crippen MR) is 62.1 cm³/mol. The molecule has 2 heterocycles. The first-order valence-corrected chi connectivity index (χ1v) is 5.46. The number of anilines is 1. The molecule has 16 heavy (non-hydrogen) atoms. The summed E-state index contributed by atoms with van der Waals surface area (Å²) < 4.78 is 10.7. The Morgan fingerprint density at radius 2 is 2.19 bits per heavy atom. The molecule has 0 unspecified atom stereocenters. The number of furan rings is 1. The summed E-state index contributed by atoms with van der Waals surface area (Å²) in [6.45, 7) is 6.17. The molecule has 0 radical (unpaired) electrons. The van der Waals surface area contributed by atoms with Crippen LogP contribution in [0.2, 0.25) is 0 Å². The number of aromatic nitrogens is 1. The molecule has 2 rings (SSSR count). The van der Waals surface area contributed by atoms with E-state index in [1.807, 2.05) is 13.0 Å². The van der Waals surface area contributed by atoms with Gasteiger partial charge in [0.15, 0.2) is 11.6 Å². The van der Waals surface area contributed by atoms with Crippen LogP contribution in [-0.2, 0) is 6.42 Å². The summed E-state index contributed by atoms with van der Waals surface area (Å²) in [5.41, 5.74) is 7.71. The SMILES string of the molecule is CCc1occc1-c1onc(N)c1C(C)C. The van der Waals surface area contributed by atoms with E-state index < -0.39 is 0 Å². The molecule has 2 aromatic rings. The summed E-state index contributed by atoms with van der Waals surface area (Å²) in [4.78, 5) is 0. The standard InChI is InChI=1S/C12H16N2O2/c1-4-9-8(5-6-15-9)11-10(7(2)3)12(13)14-16-11/h5-7H,4H2,1-3H3,(H2,13,14). The van der Waals surface area contributed by atoms with Crippen molar-refractivity contribution in [3.63, 3.8) is 0 Å². The van der Waals surface area contributed by atoms with E-state index in [1.54, 1.807) is 6.26 Å². The monoisotopic (exact) mass is 220 g/mol. The third-order valence-electron chi connectivity index (χ3n) is 2.64. The van der Waals surface area contributed by atoms with Crippen LogP contribution in [0.4, 0.5) is 5.82 Å². The Kier molecular flexibility index (Phi) is 2.73. The molecule has 2 aromatic heterocycles. The van der Waals surface area contributed by atoms with Crippen LogP contribution in [-0.4, -0.2) is 5.16 Å². The van der Waals surface area contributed by atoms with Gasteiger partial charge in [0, 0.05) is 12.0 Å². The van der Waals surface area contributed by atoms with Gasteiger partial charge in [-0.1, -0.05) is 25.9 Å². The van der Waals surface area contributed by atoms with Crippen molar-refractivity contribution in [1.29, 1.82) is 0 Å². The lowest BCUT2D eigenvalue weighted by Gasteiger charge is -2.04. The van der Waals surface area contributed by atoms with Gasteiger partial charge in [-0.05, 0) is 12.0 Å². The van der Waals surface area contributed by atoms with Crippen LogP contribution in [0.3, 0.4) is 0 Å². The maximum Gasteiger partial charge on any atom is 0.176 e. The van der Waals surface area contributed by atoms with Crippen molar-refractivity contribution in [3.05, 3.63) is 23.7 Å². The molecule has 4 heteroatoms. The Balaban J connectivity index is 2.56. The second kappa shape index (κ2) is 4.04. The minimum absolute atomic E-state index is 0.279. The van der Waals surface area contributed by atoms with E-state index >= 15 is 0 Å². The fourth-order valence-corrected chi connectivity index (χ4v) is 1.88. The van der Waals surface area contributed by atoms with Crippen molar-refractivity contribution in [1.82, 2.24) is 5.16 Å². The average Bonchev–Trinajstić information content (AvgIpc) is 2.82. The first-order chi connectivity index (χ1) is 7.65. The maximum atomic E-state index is 5.80. The zero-order valence-corrected chi connectivity index (χ0v) is 9.78. The van der Waals surface area contributed by atoms with Crippen LogP contribution in [0.15, 0.2) is 21.3 Å². The summed E-state index contributed by atoms with van der Waals surface area (Å²) in [7, 11) is 0. The zero-order chi connectivity index (χ0) is 11.7. The predicted octanol–water partition coefficient (Wildman–Crippen LogP) is 3.20. The van der Waals surface area contributed by atoms with Gasteiger partial charge in [-0.2, -0.15) is 0 Å². The van der Waals surface area contributed by atoms with Gasteiger partial charge in [-0.15, -0.1) is 0 Å². The number of aryl methyl sites for hydroxylation is 1. The van der Waals surface area contributed by atoms with E-state index in [0.717, 1.165) is 29.1 Å². The van der Waals surface area contributed by atoms with E-state index in [2.05, 4.69) is 19.0 Å². The van der Waals surface area contributed by atoms with Crippen LogP contribution >= 0.6 is 0 Å². The first-order valence-electron chi connectivity index (χ1n) is 5.46. The summed E-state index contributed by atoms with van der Waals surface area (Å²) >= 11 is 0. The van der Waals surface area contributed by atoms with Gasteiger partial charge >= 0.3 is 0 Å². The van der Waals surface area contributed by atoms with E-state index in [0.29, 0.717) is 5.82 Å². The molecular weight excluding hydrogens is 204 g/mol. The number of hydrogen-bond acceptors (Lipinski definition) is 4. The second-order valence-corrected chi connectivity index (χ2v) is 4.08. The number of hydrogen-bond donors (Lipinski definition) is 1. The van der Waals surface area contributed by atoms with Crippen molar-refractivity contribution >= 4 is 5.82 Å². The molecule has 0 saturated carbocycles. The van der Waals surface area contributed by atoms with Crippen LogP contribution in [0.5, 0.6) is 0 Å². The highest BCUT2D eigenvalue weighted by atomic mass is 16.5. The van der Waals surface area contributed by atoms with E-state index in [1.165, 1.54) is 0 Å². The number of nitrogen functional groups attached to an aromatic ring is 1.